The van der Waals surface area contributed by atoms with Crippen LogP contribution in [0.3, 0.4) is 0 Å². The molecule has 12 heteroatoms. The van der Waals surface area contributed by atoms with Crippen molar-refractivity contribution < 1.29 is 38.1 Å². The number of halogens is 4. The van der Waals surface area contributed by atoms with Gasteiger partial charge in [-0.3, -0.25) is 9.59 Å². The molecule has 0 amide bonds. The number of alkyl halides is 3. The molecule has 2 saturated carbocycles. The topological polar surface area (TPSA) is 108 Å². The highest BCUT2D eigenvalue weighted by Crippen LogP contribution is 2.44. The van der Waals surface area contributed by atoms with Gasteiger partial charge in [0.2, 0.25) is 12.0 Å². The van der Waals surface area contributed by atoms with Crippen LogP contribution in [-0.2, 0) is 29.2 Å². The number of hydrogen-bond acceptors (Lipinski definition) is 5. The molecule has 2 heterocycles. The summed E-state index contributed by atoms with van der Waals surface area (Å²) in [6.07, 6.45) is 13.3. The standard InChI is InChI=1S/C12H13ClN3O.C7H7N3.C5H6Cl2O.HI/c1-2-5-15-7-10(6-14)16(9-15)8-11(17)12(13)3-4-12;1-2-3-10-5-7(4-8)9-6-10;6-3-4(8)5(7)1-2-5;/h2,7,9H,1,3-5,8H2;2,5-6H,1,3H2;1-3H2;1H/q+1;;;/p-1. The summed E-state index contributed by atoms with van der Waals surface area (Å²) in [4.78, 5) is 25.1. The molecule has 2 aromatic rings. The number of nitriles is 2. The Morgan fingerprint density at radius 1 is 1.11 bits per heavy atom. The van der Waals surface area contributed by atoms with Gasteiger partial charge in [0, 0.05) is 12.7 Å². The lowest BCUT2D eigenvalue weighted by molar-refractivity contribution is -0.686. The molecule has 4 rings (SSSR count). The zero-order valence-electron chi connectivity index (χ0n) is 19.5. The molecule has 0 bridgehead atoms. The predicted molar refractivity (Wildman–Crippen MR) is 133 cm³/mol. The molecular formula is C24H26Cl3IN6O2. The number of imidazole rings is 2. The Morgan fingerprint density at radius 2 is 1.72 bits per heavy atom. The third-order valence-corrected chi connectivity index (χ3v) is 6.66. The highest BCUT2D eigenvalue weighted by atomic mass is 127. The summed E-state index contributed by atoms with van der Waals surface area (Å²) in [5, 5.41) is 17.3. The molecule has 8 nitrogen and oxygen atoms in total. The van der Waals surface area contributed by atoms with Crippen molar-refractivity contribution in [3.8, 4) is 12.1 Å². The Bertz CT molecular complexity index is 1170. The highest BCUT2D eigenvalue weighted by molar-refractivity contribution is 6.42. The molecule has 2 aliphatic carbocycles. The molecule has 192 valence electrons. The van der Waals surface area contributed by atoms with Gasteiger partial charge in [0.05, 0.1) is 12.2 Å². The van der Waals surface area contributed by atoms with E-state index in [0.29, 0.717) is 24.5 Å². The normalized spacial score (nSPS) is 15.1. The summed E-state index contributed by atoms with van der Waals surface area (Å²) in [5.41, 5.74) is 0.906. The highest BCUT2D eigenvalue weighted by Gasteiger charge is 2.48. The average Bonchev–Trinajstić information content (AvgIpc) is 3.69. The lowest BCUT2D eigenvalue weighted by atomic mass is 10.2. The van der Waals surface area contributed by atoms with E-state index in [-0.39, 0.29) is 48.0 Å². The number of hydrogen-bond donors (Lipinski definition) is 0. The fourth-order valence-corrected chi connectivity index (χ4v) is 3.47. The van der Waals surface area contributed by atoms with Crippen LogP contribution in [0, 0.1) is 22.7 Å². The number of carbonyl (C=O) groups is 2. The van der Waals surface area contributed by atoms with E-state index in [1.165, 1.54) is 0 Å². The van der Waals surface area contributed by atoms with Crippen molar-refractivity contribution in [2.24, 2.45) is 0 Å². The van der Waals surface area contributed by atoms with Gasteiger partial charge in [-0.15, -0.1) is 41.4 Å². The average molecular weight is 664 g/mol. The van der Waals surface area contributed by atoms with Gasteiger partial charge in [0.1, 0.15) is 34.6 Å². The number of rotatable bonds is 9. The second kappa shape index (κ2) is 14.5. The van der Waals surface area contributed by atoms with Crippen LogP contribution in [0.15, 0.2) is 50.4 Å². The molecule has 2 fully saturated rings. The fraction of sp³-hybridized carbons (Fsp3) is 0.417. The number of nitrogens with zero attached hydrogens (tertiary/aromatic N) is 6. The van der Waals surface area contributed by atoms with Crippen LogP contribution in [-0.4, -0.2) is 41.3 Å². The molecular weight excluding hydrogens is 638 g/mol. The van der Waals surface area contributed by atoms with Crippen molar-refractivity contribution in [2.75, 3.05) is 5.88 Å². The van der Waals surface area contributed by atoms with E-state index in [2.05, 4.69) is 24.2 Å². The molecule has 0 saturated heterocycles. The van der Waals surface area contributed by atoms with Crippen LogP contribution in [0.1, 0.15) is 37.1 Å². The maximum absolute atomic E-state index is 11.8. The minimum Gasteiger partial charge on any atom is -1.00 e. The summed E-state index contributed by atoms with van der Waals surface area (Å²) in [6, 6.07) is 4.00. The Hall–Kier alpha value is -2.18. The van der Waals surface area contributed by atoms with Gasteiger partial charge >= 0.3 is 0 Å². The van der Waals surface area contributed by atoms with Crippen molar-refractivity contribution in [3.05, 3.63) is 61.7 Å². The van der Waals surface area contributed by atoms with Crippen LogP contribution in [0.25, 0.3) is 0 Å². The molecule has 0 aliphatic heterocycles. The molecule has 0 unspecified atom stereocenters. The van der Waals surface area contributed by atoms with E-state index < -0.39 is 9.75 Å². The van der Waals surface area contributed by atoms with Crippen molar-refractivity contribution in [1.82, 2.24) is 14.1 Å². The van der Waals surface area contributed by atoms with E-state index in [4.69, 9.17) is 45.3 Å². The fourth-order valence-electron chi connectivity index (χ4n) is 2.83. The summed E-state index contributed by atoms with van der Waals surface area (Å²) < 4.78 is 5.24. The smallest absolute Gasteiger partial charge is 0.245 e. The first-order valence-electron chi connectivity index (χ1n) is 10.8. The molecule has 0 spiro atoms. The minimum absolute atomic E-state index is 0. The van der Waals surface area contributed by atoms with E-state index in [0.717, 1.165) is 25.7 Å². The quantitative estimate of drug-likeness (QED) is 0.170. The number of carbonyl (C=O) groups excluding carboxylic acids is 2. The van der Waals surface area contributed by atoms with Crippen molar-refractivity contribution in [3.63, 3.8) is 0 Å². The molecule has 2 aromatic heterocycles. The number of ketones is 2. The van der Waals surface area contributed by atoms with Gasteiger partial charge in [-0.05, 0) is 25.7 Å². The minimum atomic E-state index is -0.666. The second-order valence-electron chi connectivity index (χ2n) is 8.12. The summed E-state index contributed by atoms with van der Waals surface area (Å²) >= 11 is 16.9. The Morgan fingerprint density at radius 3 is 2.14 bits per heavy atom. The third-order valence-electron chi connectivity index (χ3n) is 5.24. The monoisotopic (exact) mass is 662 g/mol. The Kier molecular flexibility index (Phi) is 12.9. The number of allylic oxidation sites excluding steroid dienone is 2. The van der Waals surface area contributed by atoms with Crippen molar-refractivity contribution >= 4 is 46.4 Å². The van der Waals surface area contributed by atoms with Crippen LogP contribution >= 0.6 is 34.8 Å². The predicted octanol–water partition coefficient (Wildman–Crippen LogP) is 0.684. The summed E-state index contributed by atoms with van der Waals surface area (Å²) in [5.74, 6) is 0.0154. The first-order valence-corrected chi connectivity index (χ1v) is 12.1. The van der Waals surface area contributed by atoms with Gasteiger partial charge in [-0.25, -0.2) is 14.1 Å². The van der Waals surface area contributed by atoms with Gasteiger partial charge < -0.3 is 28.5 Å². The van der Waals surface area contributed by atoms with Crippen LogP contribution in [0.2, 0.25) is 0 Å². The number of aromatic nitrogens is 4. The SMILES string of the molecule is C=CC[n+]1cc(C#N)n(CC(=O)C2(Cl)CC2)c1.C=CCn1cnc(C#N)c1.O=C(CCl)C1(Cl)CC1.[I-]. The van der Waals surface area contributed by atoms with E-state index in [9.17, 15) is 9.59 Å². The van der Waals surface area contributed by atoms with E-state index in [1.807, 2.05) is 10.6 Å². The van der Waals surface area contributed by atoms with E-state index in [1.54, 1.807) is 46.3 Å². The van der Waals surface area contributed by atoms with Gasteiger partial charge in [0.25, 0.3) is 0 Å². The zero-order valence-corrected chi connectivity index (χ0v) is 24.0. The third kappa shape index (κ3) is 9.36. The number of Topliss-reactive ketones (excluding diaryl/α,β-unsaturated/α-hetero) is 2. The molecule has 2 aliphatic rings. The summed E-state index contributed by atoms with van der Waals surface area (Å²) in [7, 11) is 0. The summed E-state index contributed by atoms with van der Waals surface area (Å²) in [6.45, 7) is 8.67. The molecule has 36 heavy (non-hydrogen) atoms. The first-order chi connectivity index (χ1) is 16.6. The molecule has 0 atom stereocenters. The Labute approximate surface area is 242 Å². The lowest BCUT2D eigenvalue weighted by Crippen LogP contribution is -3.00. The molecule has 0 radical (unpaired) electrons. The van der Waals surface area contributed by atoms with Gasteiger partial charge in [0.15, 0.2) is 23.8 Å². The van der Waals surface area contributed by atoms with Gasteiger partial charge in [-0.1, -0.05) is 18.7 Å². The first kappa shape index (κ1) is 31.8. The maximum atomic E-state index is 11.8. The van der Waals surface area contributed by atoms with Gasteiger partial charge in [-0.2, -0.15) is 10.5 Å². The van der Waals surface area contributed by atoms with Crippen molar-refractivity contribution in [2.45, 2.75) is 55.1 Å². The van der Waals surface area contributed by atoms with Crippen LogP contribution in [0.5, 0.6) is 0 Å². The van der Waals surface area contributed by atoms with E-state index >= 15 is 0 Å². The van der Waals surface area contributed by atoms with Crippen molar-refractivity contribution in [1.29, 1.82) is 10.5 Å². The second-order valence-corrected chi connectivity index (χ2v) is 9.84. The maximum Gasteiger partial charge on any atom is 0.245 e. The lowest BCUT2D eigenvalue weighted by Gasteiger charge is -2.02. The zero-order chi connectivity index (χ0) is 26.1. The molecule has 0 N–H and O–H groups in total. The largest absolute Gasteiger partial charge is 1.00 e. The van der Waals surface area contributed by atoms with Crippen LogP contribution < -0.4 is 28.5 Å². The molecule has 0 aromatic carbocycles. The Balaban J connectivity index is 0.000000291. The van der Waals surface area contributed by atoms with Crippen LogP contribution in [0.4, 0.5) is 0 Å².